The van der Waals surface area contributed by atoms with Crippen molar-refractivity contribution in [1.82, 2.24) is 4.72 Å². The lowest BCUT2D eigenvalue weighted by atomic mass is 10.0. The summed E-state index contributed by atoms with van der Waals surface area (Å²) in [6.45, 7) is 1.88. The average Bonchev–Trinajstić information content (AvgIpc) is 2.93. The van der Waals surface area contributed by atoms with Crippen LogP contribution in [0.5, 0.6) is 0 Å². The molecule has 0 unspecified atom stereocenters. The van der Waals surface area contributed by atoms with E-state index < -0.39 is 10.0 Å². The zero-order chi connectivity index (χ0) is 16.4. The maximum atomic E-state index is 12.4. The first-order valence-corrected chi connectivity index (χ1v) is 9.82. The van der Waals surface area contributed by atoms with Crippen molar-refractivity contribution < 1.29 is 8.42 Å². The summed E-state index contributed by atoms with van der Waals surface area (Å²) in [5.74, 6) is -0.0666. The Hall–Kier alpha value is -1.36. The number of sulfonamides is 1. The molecule has 0 saturated heterocycles. The lowest BCUT2D eigenvalue weighted by Crippen LogP contribution is -2.28. The van der Waals surface area contributed by atoms with Crippen molar-refractivity contribution in [1.29, 1.82) is 0 Å². The van der Waals surface area contributed by atoms with Crippen LogP contribution in [-0.2, 0) is 28.6 Å². The largest absolute Gasteiger partial charge is 0.216 e. The minimum atomic E-state index is -3.42. The Morgan fingerprint density at radius 1 is 1.13 bits per heavy atom. The van der Waals surface area contributed by atoms with Gasteiger partial charge in [-0.2, -0.15) is 0 Å². The van der Waals surface area contributed by atoms with Gasteiger partial charge >= 0.3 is 0 Å². The fourth-order valence-corrected chi connectivity index (χ4v) is 4.68. The number of nitrogens with one attached hydrogen (secondary N) is 1. The highest BCUT2D eigenvalue weighted by molar-refractivity contribution is 7.88. The lowest BCUT2D eigenvalue weighted by Gasteiger charge is -2.16. The van der Waals surface area contributed by atoms with E-state index in [1.807, 2.05) is 13.0 Å². The zero-order valence-corrected chi connectivity index (χ0v) is 14.6. The highest BCUT2D eigenvalue weighted by Gasteiger charge is 2.18. The summed E-state index contributed by atoms with van der Waals surface area (Å²) in [6, 6.07) is 13.0. The molecule has 1 atom stereocenters. The Balaban J connectivity index is 1.72. The van der Waals surface area contributed by atoms with Gasteiger partial charge in [-0.25, -0.2) is 13.1 Å². The summed E-state index contributed by atoms with van der Waals surface area (Å²) in [5.41, 5.74) is 4.44. The van der Waals surface area contributed by atoms with Crippen molar-refractivity contribution in [2.24, 2.45) is 0 Å². The molecule has 5 heteroatoms. The van der Waals surface area contributed by atoms with E-state index in [4.69, 9.17) is 11.6 Å². The summed E-state index contributed by atoms with van der Waals surface area (Å²) >= 11 is 5.91. The van der Waals surface area contributed by atoms with Gasteiger partial charge in [-0.3, -0.25) is 0 Å². The number of halogens is 1. The molecule has 0 aromatic heterocycles. The molecule has 0 aliphatic heterocycles. The van der Waals surface area contributed by atoms with Crippen molar-refractivity contribution in [2.75, 3.05) is 0 Å². The molecule has 0 heterocycles. The summed E-state index contributed by atoms with van der Waals surface area (Å²) < 4.78 is 27.5. The molecular weight excluding hydrogens is 330 g/mol. The third-order valence-electron chi connectivity index (χ3n) is 4.22. The van der Waals surface area contributed by atoms with Crippen LogP contribution in [-0.4, -0.2) is 8.42 Å². The number of aryl methyl sites for hydroxylation is 2. The van der Waals surface area contributed by atoms with Gasteiger partial charge in [-0.05, 0) is 60.6 Å². The molecule has 0 radical (unpaired) electrons. The molecule has 1 aliphatic carbocycles. The maximum Gasteiger partial charge on any atom is 0.216 e. The topological polar surface area (TPSA) is 46.2 Å². The van der Waals surface area contributed by atoms with E-state index in [1.54, 1.807) is 24.3 Å². The van der Waals surface area contributed by atoms with Crippen molar-refractivity contribution in [3.8, 4) is 0 Å². The molecular formula is C18H20ClNO2S. The fourth-order valence-electron chi connectivity index (χ4n) is 3.09. The maximum absolute atomic E-state index is 12.4. The third kappa shape index (κ3) is 4.14. The second kappa shape index (κ2) is 6.63. The molecule has 2 aromatic carbocycles. The molecule has 0 bridgehead atoms. The first kappa shape index (κ1) is 16.5. The number of fused-ring (bicyclic) bond motifs is 1. The van der Waals surface area contributed by atoms with Crippen LogP contribution >= 0.6 is 11.6 Å². The molecule has 3 nitrogen and oxygen atoms in total. The molecule has 1 N–H and O–H groups in total. The first-order chi connectivity index (χ1) is 10.9. The number of hydrogen-bond acceptors (Lipinski definition) is 2. The molecule has 3 rings (SSSR count). The predicted molar refractivity (Wildman–Crippen MR) is 94.1 cm³/mol. The van der Waals surface area contributed by atoms with Crippen molar-refractivity contribution >= 4 is 21.6 Å². The summed E-state index contributed by atoms with van der Waals surface area (Å²) in [4.78, 5) is 0. The zero-order valence-electron chi connectivity index (χ0n) is 13.0. The number of rotatable bonds is 5. The second-order valence-electron chi connectivity index (χ2n) is 6.11. The predicted octanol–water partition coefficient (Wildman–Crippen LogP) is 4.01. The van der Waals surface area contributed by atoms with Crippen molar-refractivity contribution in [3.63, 3.8) is 0 Å². The molecule has 23 heavy (non-hydrogen) atoms. The van der Waals surface area contributed by atoms with E-state index >= 15 is 0 Å². The van der Waals surface area contributed by atoms with Crippen LogP contribution in [0.25, 0.3) is 0 Å². The highest BCUT2D eigenvalue weighted by atomic mass is 35.5. The van der Waals surface area contributed by atoms with Gasteiger partial charge < -0.3 is 0 Å². The lowest BCUT2D eigenvalue weighted by molar-refractivity contribution is 0.566. The monoisotopic (exact) mass is 349 g/mol. The normalized spacial score (nSPS) is 15.4. The van der Waals surface area contributed by atoms with E-state index in [9.17, 15) is 8.42 Å². The Labute approximate surface area is 142 Å². The number of hydrogen-bond donors (Lipinski definition) is 1. The fraction of sp³-hybridized carbons (Fsp3) is 0.333. The Morgan fingerprint density at radius 3 is 2.70 bits per heavy atom. The molecule has 0 saturated carbocycles. The molecule has 122 valence electrons. The van der Waals surface area contributed by atoms with Gasteiger partial charge in [0.2, 0.25) is 10.0 Å². The average molecular weight is 350 g/mol. The van der Waals surface area contributed by atoms with Gasteiger partial charge in [0.15, 0.2) is 0 Å². The third-order valence-corrected chi connectivity index (χ3v) is 5.89. The minimum Gasteiger partial charge on any atom is -0.212 e. The summed E-state index contributed by atoms with van der Waals surface area (Å²) in [6.07, 6.45) is 3.41. The van der Waals surface area contributed by atoms with Crippen LogP contribution in [0.1, 0.15) is 41.6 Å². The second-order valence-corrected chi connectivity index (χ2v) is 8.30. The van der Waals surface area contributed by atoms with Crippen LogP contribution in [0.3, 0.4) is 0 Å². The van der Waals surface area contributed by atoms with Crippen LogP contribution in [0, 0.1) is 0 Å². The first-order valence-electron chi connectivity index (χ1n) is 7.79. The molecule has 1 aliphatic rings. The SMILES string of the molecule is C[C@H](NS(=O)(=O)Cc1cccc(Cl)c1)c1ccc2c(c1)CCC2. The van der Waals surface area contributed by atoms with Crippen molar-refractivity contribution in [2.45, 2.75) is 38.0 Å². The molecule has 0 spiro atoms. The van der Waals surface area contributed by atoms with Gasteiger partial charge in [0.25, 0.3) is 0 Å². The van der Waals surface area contributed by atoms with Crippen molar-refractivity contribution in [3.05, 3.63) is 69.7 Å². The molecule has 0 amide bonds. The van der Waals surface area contributed by atoms with E-state index in [0.29, 0.717) is 10.6 Å². The molecule has 0 fully saturated rings. The highest BCUT2D eigenvalue weighted by Crippen LogP contribution is 2.26. The van der Waals surface area contributed by atoms with Crippen LogP contribution in [0.4, 0.5) is 0 Å². The Bertz CT molecular complexity index is 818. The van der Waals surface area contributed by atoms with Gasteiger partial charge in [0.05, 0.1) is 5.75 Å². The van der Waals surface area contributed by atoms with E-state index in [2.05, 4.69) is 16.9 Å². The van der Waals surface area contributed by atoms with E-state index in [-0.39, 0.29) is 11.8 Å². The smallest absolute Gasteiger partial charge is 0.212 e. The Morgan fingerprint density at radius 2 is 1.91 bits per heavy atom. The summed E-state index contributed by atoms with van der Waals surface area (Å²) in [7, 11) is -3.42. The van der Waals surface area contributed by atoms with Gasteiger partial charge in [-0.1, -0.05) is 41.9 Å². The van der Waals surface area contributed by atoms with Crippen LogP contribution in [0.2, 0.25) is 5.02 Å². The van der Waals surface area contributed by atoms with E-state index in [1.165, 1.54) is 17.5 Å². The standard InChI is InChI=1S/C18H20ClNO2S/c1-13(16-9-8-15-5-3-6-17(15)11-16)20-23(21,22)12-14-4-2-7-18(19)10-14/h2,4,7-11,13,20H,3,5-6,12H2,1H3/t13-/m0/s1. The van der Waals surface area contributed by atoms with Gasteiger partial charge in [0.1, 0.15) is 0 Å². The number of benzene rings is 2. The van der Waals surface area contributed by atoms with E-state index in [0.717, 1.165) is 18.4 Å². The summed E-state index contributed by atoms with van der Waals surface area (Å²) in [5, 5.41) is 0.546. The Kier molecular flexibility index (Phi) is 4.76. The van der Waals surface area contributed by atoms with Gasteiger partial charge in [-0.15, -0.1) is 0 Å². The van der Waals surface area contributed by atoms with Crippen LogP contribution in [0.15, 0.2) is 42.5 Å². The van der Waals surface area contributed by atoms with Crippen LogP contribution < -0.4 is 4.72 Å². The molecule has 2 aromatic rings. The quantitative estimate of drug-likeness (QED) is 0.886. The van der Waals surface area contributed by atoms with Gasteiger partial charge in [0, 0.05) is 11.1 Å². The minimum absolute atomic E-state index is 0.0666.